The summed E-state index contributed by atoms with van der Waals surface area (Å²) >= 11 is 12.0. The van der Waals surface area contributed by atoms with Crippen molar-refractivity contribution < 1.29 is 17.9 Å². The van der Waals surface area contributed by atoms with E-state index < -0.39 is 15.4 Å². The maximum atomic E-state index is 13.5. The number of piperidine rings is 1. The molecule has 0 N–H and O–H groups in total. The molecule has 196 valence electrons. The van der Waals surface area contributed by atoms with Crippen LogP contribution in [-0.2, 0) is 21.4 Å². The van der Waals surface area contributed by atoms with Crippen LogP contribution in [0.5, 0.6) is 5.75 Å². The van der Waals surface area contributed by atoms with Gasteiger partial charge < -0.3 is 9.64 Å². The number of amides is 1. The van der Waals surface area contributed by atoms with Gasteiger partial charge in [0.15, 0.2) is 0 Å². The first-order chi connectivity index (χ1) is 17.7. The van der Waals surface area contributed by atoms with Crippen LogP contribution in [0.3, 0.4) is 0 Å². The minimum atomic E-state index is -3.77. The molecule has 3 aromatic rings. The normalized spacial score (nSPS) is 18.4. The molecule has 0 unspecified atom stereocenters. The molecule has 4 rings (SSSR count). The van der Waals surface area contributed by atoms with Gasteiger partial charge >= 0.3 is 0 Å². The Labute approximate surface area is 228 Å². The molecule has 1 heterocycles. The molecule has 0 aromatic heterocycles. The van der Waals surface area contributed by atoms with Gasteiger partial charge in [-0.15, -0.1) is 0 Å². The largest absolute Gasteiger partial charge is 0.493 e. The third-order valence-corrected chi connectivity index (χ3v) is 9.01. The zero-order chi connectivity index (χ0) is 26.5. The van der Waals surface area contributed by atoms with E-state index in [4.69, 9.17) is 27.9 Å². The van der Waals surface area contributed by atoms with Gasteiger partial charge in [-0.05, 0) is 66.9 Å². The Morgan fingerprint density at radius 2 is 1.59 bits per heavy atom. The zero-order valence-corrected chi connectivity index (χ0v) is 23.0. The van der Waals surface area contributed by atoms with Gasteiger partial charge in [0.05, 0.1) is 11.5 Å². The van der Waals surface area contributed by atoms with Crippen LogP contribution < -0.4 is 4.74 Å². The second-order valence-corrected chi connectivity index (χ2v) is 12.4. The van der Waals surface area contributed by atoms with Crippen molar-refractivity contribution in [2.24, 2.45) is 5.41 Å². The van der Waals surface area contributed by atoms with E-state index in [1.807, 2.05) is 30.3 Å². The predicted molar refractivity (Wildman–Crippen MR) is 146 cm³/mol. The topological polar surface area (TPSA) is 66.9 Å². The molecule has 0 aliphatic carbocycles. The van der Waals surface area contributed by atoms with E-state index in [1.54, 1.807) is 48.3 Å². The van der Waals surface area contributed by atoms with E-state index >= 15 is 0 Å². The highest BCUT2D eigenvalue weighted by atomic mass is 35.5. The van der Waals surface area contributed by atoms with Gasteiger partial charge in [-0.25, -0.2) is 8.42 Å². The first-order valence-electron chi connectivity index (χ1n) is 12.1. The average molecular weight is 562 g/mol. The summed E-state index contributed by atoms with van der Waals surface area (Å²) in [6.45, 7) is 1.23. The SMILES string of the molecule is CN(Cc1ccccc1)C(=O)C[C@@]1(COc2ccc(Cl)cc2)CCCN(S(=O)(=O)c2ccc(Cl)cc2)C1. The van der Waals surface area contributed by atoms with Crippen LogP contribution in [0.2, 0.25) is 10.0 Å². The number of carbonyl (C=O) groups excluding carboxylic acids is 1. The summed E-state index contributed by atoms with van der Waals surface area (Å²) in [6, 6.07) is 22.9. The number of halogens is 2. The molecule has 0 bridgehead atoms. The molecule has 0 saturated carbocycles. The monoisotopic (exact) mass is 560 g/mol. The Kier molecular flexibility index (Phi) is 8.80. The minimum Gasteiger partial charge on any atom is -0.493 e. The summed E-state index contributed by atoms with van der Waals surface area (Å²) in [5, 5.41) is 1.06. The second-order valence-electron chi connectivity index (χ2n) is 9.55. The Bertz CT molecular complexity index is 1300. The van der Waals surface area contributed by atoms with Crippen LogP contribution in [0.15, 0.2) is 83.8 Å². The van der Waals surface area contributed by atoms with E-state index in [0.717, 1.165) is 5.56 Å². The summed E-state index contributed by atoms with van der Waals surface area (Å²) in [5.74, 6) is 0.556. The van der Waals surface area contributed by atoms with E-state index in [0.29, 0.717) is 41.7 Å². The first-order valence-corrected chi connectivity index (χ1v) is 14.3. The first kappa shape index (κ1) is 27.5. The number of carbonyl (C=O) groups is 1. The van der Waals surface area contributed by atoms with Crippen molar-refractivity contribution in [3.8, 4) is 5.75 Å². The quantitative estimate of drug-likeness (QED) is 0.327. The van der Waals surface area contributed by atoms with Gasteiger partial charge in [-0.2, -0.15) is 4.31 Å². The molecular weight excluding hydrogens is 531 g/mol. The highest BCUT2D eigenvalue weighted by Crippen LogP contribution is 2.37. The maximum absolute atomic E-state index is 13.5. The van der Waals surface area contributed by atoms with Crippen LogP contribution in [0, 0.1) is 5.41 Å². The molecule has 9 heteroatoms. The average Bonchev–Trinajstić information content (AvgIpc) is 2.89. The van der Waals surface area contributed by atoms with Crippen molar-refractivity contribution in [2.45, 2.75) is 30.7 Å². The van der Waals surface area contributed by atoms with Gasteiger partial charge in [0.2, 0.25) is 15.9 Å². The highest BCUT2D eigenvalue weighted by molar-refractivity contribution is 7.89. The van der Waals surface area contributed by atoms with Crippen LogP contribution in [-0.4, -0.2) is 50.3 Å². The van der Waals surface area contributed by atoms with Crippen molar-refractivity contribution >= 4 is 39.1 Å². The highest BCUT2D eigenvalue weighted by Gasteiger charge is 2.43. The Morgan fingerprint density at radius 3 is 2.24 bits per heavy atom. The lowest BCUT2D eigenvalue weighted by atomic mass is 9.78. The van der Waals surface area contributed by atoms with Crippen LogP contribution in [0.1, 0.15) is 24.8 Å². The number of benzene rings is 3. The van der Waals surface area contributed by atoms with E-state index in [1.165, 1.54) is 16.4 Å². The molecule has 1 saturated heterocycles. The zero-order valence-electron chi connectivity index (χ0n) is 20.6. The summed E-state index contributed by atoms with van der Waals surface area (Å²) in [5.41, 5.74) is 0.333. The number of sulfonamides is 1. The standard InChI is InChI=1S/C28H30Cl2N2O4S/c1-31(19-22-6-3-2-4-7-22)27(33)18-28(21-36-25-12-8-23(29)9-13-25)16-5-17-32(20-28)37(34,35)26-14-10-24(30)11-15-26/h2-4,6-15H,5,16-21H2,1H3/t28-/m0/s1. The summed E-state index contributed by atoms with van der Waals surface area (Å²) < 4.78 is 34.6. The van der Waals surface area contributed by atoms with Gasteiger partial charge in [0.1, 0.15) is 5.75 Å². The second kappa shape index (κ2) is 11.9. The lowest BCUT2D eigenvalue weighted by molar-refractivity contribution is -0.134. The Hall–Kier alpha value is -2.58. The third-order valence-electron chi connectivity index (χ3n) is 6.65. The van der Waals surface area contributed by atoms with Crippen molar-refractivity contribution in [2.75, 3.05) is 26.7 Å². The van der Waals surface area contributed by atoms with Gasteiger partial charge in [-0.1, -0.05) is 53.5 Å². The number of rotatable bonds is 9. The van der Waals surface area contributed by atoms with E-state index in [2.05, 4.69) is 0 Å². The Balaban J connectivity index is 1.56. The fraction of sp³-hybridized carbons (Fsp3) is 0.321. The molecule has 0 radical (unpaired) electrons. The van der Waals surface area contributed by atoms with Gasteiger partial charge in [-0.3, -0.25) is 4.79 Å². The Morgan fingerprint density at radius 1 is 0.973 bits per heavy atom. The van der Waals surface area contributed by atoms with Crippen LogP contribution >= 0.6 is 23.2 Å². The summed E-state index contributed by atoms with van der Waals surface area (Å²) in [6.07, 6.45) is 1.45. The van der Waals surface area contributed by atoms with Crippen molar-refractivity contribution in [3.05, 3.63) is 94.5 Å². The molecule has 37 heavy (non-hydrogen) atoms. The molecule has 3 aromatic carbocycles. The minimum absolute atomic E-state index is 0.0608. The lowest BCUT2D eigenvalue weighted by Crippen LogP contribution is -2.50. The molecule has 0 spiro atoms. The molecule has 1 aliphatic heterocycles. The number of nitrogens with zero attached hydrogens (tertiary/aromatic N) is 2. The number of hydrogen-bond acceptors (Lipinski definition) is 4. The fourth-order valence-corrected chi connectivity index (χ4v) is 6.45. The van der Waals surface area contributed by atoms with Crippen LogP contribution in [0.4, 0.5) is 0 Å². The molecule has 1 atom stereocenters. The van der Waals surface area contributed by atoms with Gasteiger partial charge in [0, 0.05) is 48.6 Å². The lowest BCUT2D eigenvalue weighted by Gasteiger charge is -2.42. The van der Waals surface area contributed by atoms with E-state index in [-0.39, 0.29) is 30.4 Å². The van der Waals surface area contributed by atoms with Crippen LogP contribution in [0.25, 0.3) is 0 Å². The number of ether oxygens (including phenoxy) is 1. The molecule has 6 nitrogen and oxygen atoms in total. The molecule has 1 aliphatic rings. The van der Waals surface area contributed by atoms with Crippen molar-refractivity contribution in [1.29, 1.82) is 0 Å². The summed E-state index contributed by atoms with van der Waals surface area (Å²) in [4.78, 5) is 15.3. The van der Waals surface area contributed by atoms with Gasteiger partial charge in [0.25, 0.3) is 0 Å². The molecule has 1 amide bonds. The van der Waals surface area contributed by atoms with Crippen molar-refractivity contribution in [1.82, 2.24) is 9.21 Å². The smallest absolute Gasteiger partial charge is 0.243 e. The van der Waals surface area contributed by atoms with Crippen molar-refractivity contribution in [3.63, 3.8) is 0 Å². The third kappa shape index (κ3) is 7.05. The predicted octanol–water partition coefficient (Wildman–Crippen LogP) is 5.89. The van der Waals surface area contributed by atoms with E-state index in [9.17, 15) is 13.2 Å². The molecular formula is C28H30Cl2N2O4S. The number of hydrogen-bond donors (Lipinski definition) is 0. The fourth-order valence-electron chi connectivity index (χ4n) is 4.61. The maximum Gasteiger partial charge on any atom is 0.243 e. The molecule has 1 fully saturated rings. The summed E-state index contributed by atoms with van der Waals surface area (Å²) in [7, 11) is -1.99.